The number of carboxylic acids is 1. The lowest BCUT2D eigenvalue weighted by Crippen LogP contribution is -2.71. The minimum Gasteiger partial charge on any atom is -0.477 e. The third kappa shape index (κ3) is 3.95. The largest absolute Gasteiger partial charge is 0.477 e. The molecular formula is C19H18N9O5S2+. The van der Waals surface area contributed by atoms with E-state index in [1.165, 1.54) is 23.8 Å². The fourth-order valence-corrected chi connectivity index (χ4v) is 5.69. The number of oxime groups is 1. The molecule has 5 rings (SSSR count). The van der Waals surface area contributed by atoms with Crippen LogP contribution in [0.25, 0.3) is 11.2 Å². The number of fused-ring (bicyclic) bond motifs is 2. The first-order chi connectivity index (χ1) is 16.9. The minimum atomic E-state index is -1.22. The molecule has 2 unspecified atom stereocenters. The number of hydrogen-bond donors (Lipinski definition) is 4. The Balaban J connectivity index is 1.38. The monoisotopic (exact) mass is 516 g/mol. The van der Waals surface area contributed by atoms with E-state index in [0.717, 1.165) is 17.0 Å². The van der Waals surface area contributed by atoms with Gasteiger partial charge in [-0.15, -0.1) is 11.8 Å². The Bertz CT molecular complexity index is 1410. The first-order valence-electron chi connectivity index (χ1n) is 10.1. The number of pyridine rings is 1. The predicted molar refractivity (Wildman–Crippen MR) is 124 cm³/mol. The van der Waals surface area contributed by atoms with Crippen LogP contribution in [0.1, 0.15) is 5.82 Å². The van der Waals surface area contributed by atoms with Crippen LogP contribution in [0, 0.1) is 0 Å². The molecule has 16 heteroatoms. The normalized spacial score (nSPS) is 20.0. The number of amides is 2. The van der Waals surface area contributed by atoms with Crippen LogP contribution in [0.2, 0.25) is 0 Å². The molecular weight excluding hydrogens is 498 g/mol. The number of H-pyrrole nitrogens is 1. The highest BCUT2D eigenvalue weighted by Gasteiger charge is 2.54. The number of imidazole rings is 1. The van der Waals surface area contributed by atoms with E-state index >= 15 is 0 Å². The molecule has 14 nitrogen and oxygen atoms in total. The number of carbonyl (C=O) groups excluding carboxylic acids is 2. The van der Waals surface area contributed by atoms with Crippen molar-refractivity contribution in [2.45, 2.75) is 18.0 Å². The molecule has 0 bridgehead atoms. The number of thioether (sulfide) groups is 1. The van der Waals surface area contributed by atoms with E-state index in [9.17, 15) is 19.5 Å². The molecule has 35 heavy (non-hydrogen) atoms. The maximum absolute atomic E-state index is 13.0. The number of carbonyl (C=O) groups is 3. The summed E-state index contributed by atoms with van der Waals surface area (Å²) in [6.07, 6.45) is 3.35. The lowest BCUT2D eigenvalue weighted by molar-refractivity contribution is -0.664. The standard InChI is InChI=1S/C19H17N9O5S2/c1-33-25-10(13-24-19(20)35-26-13)15(29)23-11-16(30)28-12(18(31)32)8(6-34-17(11)28)5-27-4-2-3-9-14(27)22-7-21-9/h2-4,7,11,17H,5-6H2,1H3,(H4,20,23,24,26,29,31,32)/p+1/b25-10+. The number of nitrogens with one attached hydrogen (secondary N) is 2. The van der Waals surface area contributed by atoms with Gasteiger partial charge in [0.15, 0.2) is 5.13 Å². The van der Waals surface area contributed by atoms with E-state index in [1.54, 1.807) is 12.5 Å². The van der Waals surface area contributed by atoms with Gasteiger partial charge in [0.05, 0.1) is 6.20 Å². The molecule has 5 heterocycles. The average molecular weight is 517 g/mol. The Morgan fingerprint density at radius 1 is 1.49 bits per heavy atom. The second-order valence-electron chi connectivity index (χ2n) is 7.47. The maximum atomic E-state index is 13.0. The molecule has 180 valence electrons. The fourth-order valence-electron chi connectivity index (χ4n) is 3.92. The van der Waals surface area contributed by atoms with Gasteiger partial charge in [-0.05, 0) is 17.1 Å². The van der Waals surface area contributed by atoms with E-state index in [2.05, 4.69) is 29.8 Å². The number of rotatable bonds is 7. The molecule has 0 radical (unpaired) electrons. The number of β-lactam (4-membered cyclic amide) rings is 1. The zero-order chi connectivity index (χ0) is 24.7. The number of nitrogen functional groups attached to an aromatic ring is 1. The van der Waals surface area contributed by atoms with Gasteiger partial charge in [-0.2, -0.15) is 9.36 Å². The number of aliphatic carboxylic acids is 1. The first-order valence-corrected chi connectivity index (χ1v) is 11.9. The van der Waals surface area contributed by atoms with E-state index < -0.39 is 29.2 Å². The smallest absolute Gasteiger partial charge is 0.352 e. The molecule has 2 aliphatic rings. The van der Waals surface area contributed by atoms with E-state index in [4.69, 9.17) is 10.6 Å². The van der Waals surface area contributed by atoms with Crippen molar-refractivity contribution in [3.05, 3.63) is 41.8 Å². The third-order valence-corrected chi connectivity index (χ3v) is 7.28. The third-order valence-electron chi connectivity index (χ3n) is 5.40. The summed E-state index contributed by atoms with van der Waals surface area (Å²) in [5, 5.41) is 15.7. The van der Waals surface area contributed by atoms with Crippen LogP contribution in [0.4, 0.5) is 5.13 Å². The van der Waals surface area contributed by atoms with Gasteiger partial charge >= 0.3 is 11.6 Å². The number of hydrogen-bond acceptors (Lipinski definition) is 11. The predicted octanol–water partition coefficient (Wildman–Crippen LogP) is -0.927. The van der Waals surface area contributed by atoms with Crippen molar-refractivity contribution in [3.63, 3.8) is 0 Å². The summed E-state index contributed by atoms with van der Waals surface area (Å²) >= 11 is 2.24. The van der Waals surface area contributed by atoms with Gasteiger partial charge < -0.3 is 26.0 Å². The van der Waals surface area contributed by atoms with Crippen molar-refractivity contribution in [2.24, 2.45) is 5.16 Å². The lowest BCUT2D eigenvalue weighted by atomic mass is 10.0. The Hall–Kier alpha value is -4.05. The molecule has 3 aromatic rings. The highest BCUT2D eigenvalue weighted by molar-refractivity contribution is 8.00. The number of nitrogens with zero attached hydrogens (tertiary/aromatic N) is 6. The number of nitrogens with two attached hydrogens (primary N) is 1. The van der Waals surface area contributed by atoms with Crippen molar-refractivity contribution in [2.75, 3.05) is 18.6 Å². The van der Waals surface area contributed by atoms with Gasteiger partial charge in [-0.25, -0.2) is 9.36 Å². The summed E-state index contributed by atoms with van der Waals surface area (Å²) in [6.45, 7) is 0.242. The summed E-state index contributed by atoms with van der Waals surface area (Å²) in [6, 6.07) is 2.73. The van der Waals surface area contributed by atoms with Crippen molar-refractivity contribution in [3.8, 4) is 0 Å². The molecule has 1 fully saturated rings. The van der Waals surface area contributed by atoms with Crippen molar-refractivity contribution in [1.82, 2.24) is 29.5 Å². The first kappa shape index (κ1) is 22.7. The molecule has 0 saturated carbocycles. The van der Waals surface area contributed by atoms with Gasteiger partial charge in [-0.3, -0.25) is 14.5 Å². The minimum absolute atomic E-state index is 0.0373. The van der Waals surface area contributed by atoms with Crippen LogP contribution in [0.3, 0.4) is 0 Å². The lowest BCUT2D eigenvalue weighted by Gasteiger charge is -2.49. The van der Waals surface area contributed by atoms with Crippen LogP contribution in [-0.2, 0) is 25.8 Å². The molecule has 0 aliphatic carbocycles. The van der Waals surface area contributed by atoms with Gasteiger partial charge in [0.2, 0.25) is 17.9 Å². The summed E-state index contributed by atoms with van der Waals surface area (Å²) in [5.41, 5.74) is 7.27. The molecule has 3 aromatic heterocycles. The van der Waals surface area contributed by atoms with Crippen LogP contribution in [0.15, 0.2) is 41.1 Å². The maximum Gasteiger partial charge on any atom is 0.352 e. The van der Waals surface area contributed by atoms with E-state index in [-0.39, 0.29) is 28.9 Å². The van der Waals surface area contributed by atoms with Gasteiger partial charge in [0, 0.05) is 22.9 Å². The van der Waals surface area contributed by atoms with Gasteiger partial charge in [0.1, 0.15) is 36.3 Å². The quantitative estimate of drug-likeness (QED) is 0.132. The second-order valence-corrected chi connectivity index (χ2v) is 9.36. The topological polar surface area (TPSA) is 193 Å². The number of anilines is 1. The Morgan fingerprint density at radius 3 is 3.03 bits per heavy atom. The average Bonchev–Trinajstić information content (AvgIpc) is 3.49. The molecule has 2 amide bonds. The van der Waals surface area contributed by atoms with Crippen LogP contribution < -0.4 is 15.6 Å². The van der Waals surface area contributed by atoms with Crippen LogP contribution in [-0.4, -0.2) is 77.1 Å². The highest BCUT2D eigenvalue weighted by atomic mass is 32.2. The van der Waals surface area contributed by atoms with Crippen LogP contribution in [0.5, 0.6) is 0 Å². The van der Waals surface area contributed by atoms with Crippen molar-refractivity contribution >= 4 is 63.1 Å². The molecule has 1 saturated heterocycles. The number of carboxylic acid groups (broad SMARTS) is 1. The molecule has 0 spiro atoms. The summed E-state index contributed by atoms with van der Waals surface area (Å²) in [5.74, 6) is -2.20. The fraction of sp³-hybridized carbons (Fsp3) is 0.263. The van der Waals surface area contributed by atoms with Gasteiger partial charge in [0.25, 0.3) is 11.8 Å². The zero-order valence-corrected chi connectivity index (χ0v) is 19.7. The molecule has 2 aliphatic heterocycles. The van der Waals surface area contributed by atoms with Crippen molar-refractivity contribution in [1.29, 1.82) is 0 Å². The summed E-state index contributed by atoms with van der Waals surface area (Å²) < 4.78 is 5.76. The Kier molecular flexibility index (Phi) is 5.81. The SMILES string of the molecule is CO/N=C(/C(=O)NC1C(=O)N2C(C(=O)O)=C(C[n+]3cccc4[nH]cnc43)CSC12)c1nsc(N)n1. The molecule has 2 atom stereocenters. The molecule has 0 aromatic carbocycles. The molecule has 5 N–H and O–H groups in total. The highest BCUT2D eigenvalue weighted by Crippen LogP contribution is 2.40. The zero-order valence-electron chi connectivity index (χ0n) is 18.0. The Morgan fingerprint density at radius 2 is 2.31 bits per heavy atom. The van der Waals surface area contributed by atoms with E-state index in [0.29, 0.717) is 17.0 Å². The summed E-state index contributed by atoms with van der Waals surface area (Å²) in [4.78, 5) is 55.1. The second kappa shape index (κ2) is 8.95. The summed E-state index contributed by atoms with van der Waals surface area (Å²) in [7, 11) is 1.25. The van der Waals surface area contributed by atoms with Gasteiger partial charge in [-0.1, -0.05) is 5.16 Å². The van der Waals surface area contributed by atoms with E-state index in [1.807, 2.05) is 16.7 Å². The number of aromatic nitrogens is 5. The number of aromatic amines is 1. The van der Waals surface area contributed by atoms with Crippen molar-refractivity contribution < 1.29 is 28.9 Å². The van der Waals surface area contributed by atoms with Crippen LogP contribution >= 0.6 is 23.3 Å². The Labute approximate surface area is 205 Å².